The average Bonchev–Trinajstić information content (AvgIpc) is 2.52. The molecule has 0 fully saturated rings. The zero-order chi connectivity index (χ0) is 16.2. The number of benzene rings is 1. The lowest BCUT2D eigenvalue weighted by molar-refractivity contribution is -0.120. The van der Waals surface area contributed by atoms with Crippen molar-refractivity contribution in [3.05, 3.63) is 29.3 Å². The van der Waals surface area contributed by atoms with Crippen LogP contribution in [-0.4, -0.2) is 44.1 Å². The Morgan fingerprint density at radius 3 is 2.77 bits per heavy atom. The number of anilines is 1. The first-order valence-corrected chi connectivity index (χ1v) is 9.04. The Hall–Kier alpha value is -1.44. The van der Waals surface area contributed by atoms with Crippen molar-refractivity contribution in [2.45, 2.75) is 26.8 Å². The van der Waals surface area contributed by atoms with Gasteiger partial charge in [0.15, 0.2) is 0 Å². The molecule has 1 amide bonds. The summed E-state index contributed by atoms with van der Waals surface area (Å²) in [4.78, 5) is 11.7. The molecule has 2 rings (SSSR count). The minimum Gasteiger partial charge on any atom is -0.372 e. The summed E-state index contributed by atoms with van der Waals surface area (Å²) in [5.74, 6) is -0.108. The van der Waals surface area contributed by atoms with Gasteiger partial charge in [0, 0.05) is 25.4 Å². The van der Waals surface area contributed by atoms with Gasteiger partial charge in [-0.15, -0.1) is 0 Å². The number of hydrogen-bond donors (Lipinski definition) is 1. The molecule has 6 nitrogen and oxygen atoms in total. The summed E-state index contributed by atoms with van der Waals surface area (Å²) in [5.41, 5.74) is 2.74. The summed E-state index contributed by atoms with van der Waals surface area (Å²) in [7, 11) is -3.19. The van der Waals surface area contributed by atoms with Gasteiger partial charge in [0.25, 0.3) is 0 Å². The number of hydrogen-bond acceptors (Lipinski definition) is 4. The lowest BCUT2D eigenvalue weighted by Crippen LogP contribution is -2.36. The minimum absolute atomic E-state index is 0.0178. The molecule has 0 spiro atoms. The molecule has 1 aromatic carbocycles. The fourth-order valence-corrected chi connectivity index (χ4v) is 3.49. The fourth-order valence-electron chi connectivity index (χ4n) is 2.42. The maximum atomic E-state index is 12.0. The first-order chi connectivity index (χ1) is 10.5. The second-order valence-corrected chi connectivity index (χ2v) is 7.41. The Labute approximate surface area is 131 Å². The quantitative estimate of drug-likeness (QED) is 0.857. The molecule has 0 atom stereocenters. The van der Waals surface area contributed by atoms with Crippen LogP contribution in [0, 0.1) is 0 Å². The van der Waals surface area contributed by atoms with Gasteiger partial charge in [-0.05, 0) is 43.5 Å². The molecule has 0 aromatic heterocycles. The number of nitrogens with zero attached hydrogens (tertiary/aromatic N) is 1. The van der Waals surface area contributed by atoms with E-state index in [1.165, 1.54) is 4.31 Å². The number of sulfonamides is 1. The van der Waals surface area contributed by atoms with Gasteiger partial charge in [0.2, 0.25) is 15.9 Å². The summed E-state index contributed by atoms with van der Waals surface area (Å²) in [6, 6.07) is 5.63. The first kappa shape index (κ1) is 16.9. The number of carbonyl (C=O) groups excluding carboxylic acids is 1. The van der Waals surface area contributed by atoms with E-state index in [0.717, 1.165) is 11.1 Å². The fraction of sp³-hybridized carbons (Fsp3) is 0.533. The summed E-state index contributed by atoms with van der Waals surface area (Å²) in [5, 5.41) is 2.76. The molecule has 0 bridgehead atoms. The van der Waals surface area contributed by atoms with Crippen molar-refractivity contribution in [3.63, 3.8) is 0 Å². The van der Waals surface area contributed by atoms with Gasteiger partial charge >= 0.3 is 0 Å². The highest BCUT2D eigenvalue weighted by Gasteiger charge is 2.25. The Morgan fingerprint density at radius 1 is 1.32 bits per heavy atom. The van der Waals surface area contributed by atoms with Gasteiger partial charge in [0.05, 0.1) is 5.75 Å². The van der Waals surface area contributed by atoms with E-state index >= 15 is 0 Å². The Balaban J connectivity index is 2.11. The molecular formula is C15H22N2O4S. The maximum absolute atomic E-state index is 12.0. The van der Waals surface area contributed by atoms with Crippen LogP contribution in [0.4, 0.5) is 5.69 Å². The summed E-state index contributed by atoms with van der Waals surface area (Å²) in [6.45, 7) is 4.86. The van der Waals surface area contributed by atoms with E-state index in [-0.39, 0.29) is 18.3 Å². The molecular weight excluding hydrogens is 304 g/mol. The van der Waals surface area contributed by atoms with E-state index < -0.39 is 10.0 Å². The normalized spacial score (nSPS) is 15.4. The molecule has 1 aromatic rings. The van der Waals surface area contributed by atoms with E-state index in [2.05, 4.69) is 5.32 Å². The van der Waals surface area contributed by atoms with E-state index in [1.54, 1.807) is 6.92 Å². The molecule has 0 saturated heterocycles. The van der Waals surface area contributed by atoms with Crippen LogP contribution in [0.15, 0.2) is 18.2 Å². The number of fused-ring (bicyclic) bond motifs is 1. The van der Waals surface area contributed by atoms with Crippen molar-refractivity contribution in [2.75, 3.05) is 30.8 Å². The third-order valence-electron chi connectivity index (χ3n) is 3.66. The van der Waals surface area contributed by atoms with Gasteiger partial charge in [-0.1, -0.05) is 6.07 Å². The Morgan fingerprint density at radius 2 is 2.09 bits per heavy atom. The number of carbonyl (C=O) groups is 1. The SMILES string of the molecule is CCOCC(=O)Nc1ccc2c(c1)CN(S(=O)(=O)CC)CC2. The van der Waals surface area contributed by atoms with Crippen LogP contribution in [0.5, 0.6) is 0 Å². The van der Waals surface area contributed by atoms with Crippen LogP contribution in [0.1, 0.15) is 25.0 Å². The van der Waals surface area contributed by atoms with Crippen LogP contribution in [0.2, 0.25) is 0 Å². The van der Waals surface area contributed by atoms with Crippen molar-refractivity contribution in [1.82, 2.24) is 4.31 Å². The molecule has 122 valence electrons. The molecule has 1 aliphatic heterocycles. The standard InChI is InChI=1S/C15H22N2O4S/c1-3-21-11-15(18)16-14-6-5-12-7-8-17(10-13(12)9-14)22(19,20)4-2/h5-6,9H,3-4,7-8,10-11H2,1-2H3,(H,16,18). The average molecular weight is 326 g/mol. The van der Waals surface area contributed by atoms with Gasteiger partial charge in [-0.25, -0.2) is 8.42 Å². The van der Waals surface area contributed by atoms with E-state index in [9.17, 15) is 13.2 Å². The first-order valence-electron chi connectivity index (χ1n) is 7.43. The highest BCUT2D eigenvalue weighted by molar-refractivity contribution is 7.89. The smallest absolute Gasteiger partial charge is 0.250 e. The monoisotopic (exact) mass is 326 g/mol. The predicted octanol–water partition coefficient (Wildman–Crippen LogP) is 1.37. The lowest BCUT2D eigenvalue weighted by Gasteiger charge is -2.28. The second-order valence-electron chi connectivity index (χ2n) is 5.15. The Kier molecular flexibility index (Phi) is 5.55. The van der Waals surface area contributed by atoms with Crippen molar-refractivity contribution in [2.24, 2.45) is 0 Å². The van der Waals surface area contributed by atoms with Gasteiger partial charge < -0.3 is 10.1 Å². The third-order valence-corrected chi connectivity index (χ3v) is 5.49. The van der Waals surface area contributed by atoms with Gasteiger partial charge in [-0.3, -0.25) is 4.79 Å². The van der Waals surface area contributed by atoms with Crippen LogP contribution >= 0.6 is 0 Å². The van der Waals surface area contributed by atoms with Crippen LogP contribution in [-0.2, 0) is 32.5 Å². The van der Waals surface area contributed by atoms with E-state index in [0.29, 0.717) is 31.8 Å². The summed E-state index contributed by atoms with van der Waals surface area (Å²) >= 11 is 0. The Bertz CT molecular complexity index is 643. The van der Waals surface area contributed by atoms with Crippen molar-refractivity contribution in [3.8, 4) is 0 Å². The zero-order valence-corrected chi connectivity index (χ0v) is 13.8. The lowest BCUT2D eigenvalue weighted by atomic mass is 10.0. The maximum Gasteiger partial charge on any atom is 0.250 e. The number of amides is 1. The minimum atomic E-state index is -3.19. The predicted molar refractivity (Wildman–Crippen MR) is 85.1 cm³/mol. The van der Waals surface area contributed by atoms with Crippen LogP contribution < -0.4 is 5.32 Å². The van der Waals surface area contributed by atoms with Crippen LogP contribution in [0.25, 0.3) is 0 Å². The summed E-state index contributed by atoms with van der Waals surface area (Å²) in [6.07, 6.45) is 0.696. The highest BCUT2D eigenvalue weighted by atomic mass is 32.2. The topological polar surface area (TPSA) is 75.7 Å². The number of rotatable bonds is 6. The molecule has 1 aliphatic rings. The second kappa shape index (κ2) is 7.21. The molecule has 0 saturated carbocycles. The van der Waals surface area contributed by atoms with Crippen LogP contribution in [0.3, 0.4) is 0 Å². The highest BCUT2D eigenvalue weighted by Crippen LogP contribution is 2.24. The molecule has 1 heterocycles. The summed E-state index contributed by atoms with van der Waals surface area (Å²) < 4.78 is 30.5. The largest absolute Gasteiger partial charge is 0.372 e. The molecule has 22 heavy (non-hydrogen) atoms. The van der Waals surface area contributed by atoms with Crippen molar-refractivity contribution < 1.29 is 17.9 Å². The van der Waals surface area contributed by atoms with Crippen molar-refractivity contribution >= 4 is 21.6 Å². The molecule has 0 unspecified atom stereocenters. The number of ether oxygens (including phenoxy) is 1. The van der Waals surface area contributed by atoms with E-state index in [4.69, 9.17) is 4.74 Å². The molecule has 7 heteroatoms. The molecule has 0 radical (unpaired) electrons. The van der Waals surface area contributed by atoms with Gasteiger partial charge in [0.1, 0.15) is 6.61 Å². The molecule has 1 N–H and O–H groups in total. The zero-order valence-electron chi connectivity index (χ0n) is 13.0. The van der Waals surface area contributed by atoms with Crippen molar-refractivity contribution in [1.29, 1.82) is 0 Å². The third kappa shape index (κ3) is 4.06. The number of nitrogens with one attached hydrogen (secondary N) is 1. The molecule has 0 aliphatic carbocycles. The van der Waals surface area contributed by atoms with Gasteiger partial charge in [-0.2, -0.15) is 4.31 Å². The van der Waals surface area contributed by atoms with E-state index in [1.807, 2.05) is 25.1 Å².